The van der Waals surface area contributed by atoms with E-state index in [1.165, 1.54) is 25.3 Å². The van der Waals surface area contributed by atoms with E-state index in [1.54, 1.807) is 11.5 Å². The first-order valence-corrected chi connectivity index (χ1v) is 10.6. The van der Waals surface area contributed by atoms with Gasteiger partial charge < -0.3 is 15.4 Å². The molecule has 8 heteroatoms. The second-order valence-electron chi connectivity index (χ2n) is 8.43. The number of hydrogen-bond donors (Lipinski definition) is 2. The smallest absolute Gasteiger partial charge is 0.393 e. The highest BCUT2D eigenvalue weighted by Crippen LogP contribution is 2.37. The van der Waals surface area contributed by atoms with Crippen LogP contribution in [0.25, 0.3) is 11.3 Å². The molecule has 170 valence electrons. The van der Waals surface area contributed by atoms with Gasteiger partial charge in [0.2, 0.25) is 0 Å². The Bertz CT molecular complexity index is 926. The van der Waals surface area contributed by atoms with E-state index in [4.69, 9.17) is 10.8 Å². The number of nitrogens with two attached hydrogens (primary N) is 1. The number of benzene rings is 1. The quantitative estimate of drug-likeness (QED) is 0.622. The number of hydrogen-bond acceptors (Lipinski definition) is 2. The van der Waals surface area contributed by atoms with Crippen LogP contribution in [0.3, 0.4) is 0 Å². The van der Waals surface area contributed by atoms with Gasteiger partial charge in [-0.25, -0.2) is 4.39 Å². The van der Waals surface area contributed by atoms with Crippen molar-refractivity contribution in [3.8, 4) is 11.3 Å². The third-order valence-electron chi connectivity index (χ3n) is 5.91. The minimum absolute atomic E-state index is 0.0359. The number of aromatic nitrogens is 1. The Hall–Kier alpha value is -2.35. The molecule has 2 saturated carbocycles. The second kappa shape index (κ2) is 9.42. The number of carbonyl (C=O) groups is 1. The SMILES string of the molecule is Cc1c(C(N)=O)cc(-c2cc(C(F)(F)F)ccc2F)n1CC1CC1.OC1CCCCC1. The van der Waals surface area contributed by atoms with Crippen LogP contribution in [-0.2, 0) is 12.7 Å². The lowest BCUT2D eigenvalue weighted by Gasteiger charge is -2.14. The van der Waals surface area contributed by atoms with E-state index in [2.05, 4.69) is 0 Å². The number of nitrogens with zero attached hydrogens (tertiary/aromatic N) is 1. The fourth-order valence-electron chi connectivity index (χ4n) is 3.89. The van der Waals surface area contributed by atoms with Crippen LogP contribution < -0.4 is 5.73 Å². The third-order valence-corrected chi connectivity index (χ3v) is 5.91. The molecule has 3 N–H and O–H groups in total. The number of aliphatic hydroxyl groups is 1. The van der Waals surface area contributed by atoms with Crippen LogP contribution in [0.15, 0.2) is 24.3 Å². The molecule has 1 heterocycles. The molecule has 31 heavy (non-hydrogen) atoms. The van der Waals surface area contributed by atoms with Crippen LogP contribution in [0.2, 0.25) is 0 Å². The van der Waals surface area contributed by atoms with Crippen LogP contribution in [0.5, 0.6) is 0 Å². The van der Waals surface area contributed by atoms with E-state index in [9.17, 15) is 22.4 Å². The molecule has 1 aromatic heterocycles. The Labute approximate surface area is 179 Å². The molecule has 0 radical (unpaired) electrons. The number of aliphatic hydroxyl groups excluding tert-OH is 1. The lowest BCUT2D eigenvalue weighted by atomic mass is 9.98. The van der Waals surface area contributed by atoms with Gasteiger partial charge in [0.25, 0.3) is 5.91 Å². The molecule has 4 rings (SSSR count). The number of alkyl halides is 3. The summed E-state index contributed by atoms with van der Waals surface area (Å²) in [5.74, 6) is -1.06. The molecule has 4 nitrogen and oxygen atoms in total. The number of rotatable bonds is 4. The number of primary amides is 1. The Balaban J connectivity index is 0.000000330. The van der Waals surface area contributed by atoms with Crippen LogP contribution in [-0.4, -0.2) is 21.7 Å². The van der Waals surface area contributed by atoms with Gasteiger partial charge in [0.05, 0.1) is 22.9 Å². The van der Waals surface area contributed by atoms with Gasteiger partial charge >= 0.3 is 6.18 Å². The van der Waals surface area contributed by atoms with Gasteiger partial charge in [-0.1, -0.05) is 19.3 Å². The van der Waals surface area contributed by atoms with Crippen molar-refractivity contribution >= 4 is 5.91 Å². The average molecular weight is 440 g/mol. The van der Waals surface area contributed by atoms with Crippen LogP contribution >= 0.6 is 0 Å². The van der Waals surface area contributed by atoms with E-state index in [1.807, 2.05) is 0 Å². The number of carbonyl (C=O) groups excluding carboxylic acids is 1. The van der Waals surface area contributed by atoms with Crippen molar-refractivity contribution < 1.29 is 27.5 Å². The molecule has 1 aromatic carbocycles. The molecule has 0 spiro atoms. The predicted octanol–water partition coefficient (Wildman–Crippen LogP) is 5.44. The molecule has 1 amide bonds. The van der Waals surface area contributed by atoms with Gasteiger partial charge in [-0.15, -0.1) is 0 Å². The molecule has 0 atom stereocenters. The van der Waals surface area contributed by atoms with Crippen LogP contribution in [0.1, 0.15) is 66.6 Å². The minimum Gasteiger partial charge on any atom is -0.393 e. The summed E-state index contributed by atoms with van der Waals surface area (Å²) in [6, 6.07) is 3.65. The Morgan fingerprint density at radius 3 is 2.26 bits per heavy atom. The fraction of sp³-hybridized carbons (Fsp3) is 0.522. The first-order valence-electron chi connectivity index (χ1n) is 10.6. The maximum absolute atomic E-state index is 14.2. The summed E-state index contributed by atoms with van der Waals surface area (Å²) in [6.45, 7) is 2.20. The van der Waals surface area contributed by atoms with Crippen molar-refractivity contribution in [3.05, 3.63) is 46.9 Å². The van der Waals surface area contributed by atoms with Crippen LogP contribution in [0.4, 0.5) is 17.6 Å². The summed E-state index contributed by atoms with van der Waals surface area (Å²) < 4.78 is 54.7. The van der Waals surface area contributed by atoms with Crippen molar-refractivity contribution in [3.63, 3.8) is 0 Å². The van der Waals surface area contributed by atoms with Crippen molar-refractivity contribution in [2.75, 3.05) is 0 Å². The fourth-order valence-corrected chi connectivity index (χ4v) is 3.89. The third kappa shape index (κ3) is 5.87. The summed E-state index contributed by atoms with van der Waals surface area (Å²) in [5, 5.41) is 8.91. The van der Waals surface area contributed by atoms with E-state index in [-0.39, 0.29) is 22.9 Å². The lowest BCUT2D eigenvalue weighted by molar-refractivity contribution is -0.137. The summed E-state index contributed by atoms with van der Waals surface area (Å²) >= 11 is 0. The maximum atomic E-state index is 14.2. The monoisotopic (exact) mass is 440 g/mol. The van der Waals surface area contributed by atoms with E-state index < -0.39 is 23.5 Å². The topological polar surface area (TPSA) is 68.2 Å². The maximum Gasteiger partial charge on any atom is 0.416 e. The molecular weight excluding hydrogens is 412 g/mol. The zero-order chi connectivity index (χ0) is 22.8. The summed E-state index contributed by atoms with van der Waals surface area (Å²) in [5.41, 5.74) is 5.21. The van der Waals surface area contributed by atoms with E-state index in [0.717, 1.165) is 37.8 Å². The second-order valence-corrected chi connectivity index (χ2v) is 8.43. The van der Waals surface area contributed by atoms with Gasteiger partial charge in [0.1, 0.15) is 5.82 Å². The van der Waals surface area contributed by atoms with E-state index >= 15 is 0 Å². The van der Waals surface area contributed by atoms with Crippen molar-refractivity contribution in [1.82, 2.24) is 4.57 Å². The van der Waals surface area contributed by atoms with E-state index in [0.29, 0.717) is 24.2 Å². The summed E-state index contributed by atoms with van der Waals surface area (Å²) in [7, 11) is 0. The summed E-state index contributed by atoms with van der Waals surface area (Å²) in [6.07, 6.45) is 3.37. The Kier molecular flexibility index (Phi) is 7.09. The molecule has 0 saturated heterocycles. The molecule has 0 bridgehead atoms. The highest BCUT2D eigenvalue weighted by molar-refractivity contribution is 5.95. The van der Waals surface area contributed by atoms with Crippen molar-refractivity contribution in [2.24, 2.45) is 11.7 Å². The Morgan fingerprint density at radius 1 is 1.13 bits per heavy atom. The number of amides is 1. The van der Waals surface area contributed by atoms with Gasteiger partial charge in [-0.3, -0.25) is 4.79 Å². The van der Waals surface area contributed by atoms with Gasteiger partial charge in [-0.05, 0) is 62.8 Å². The predicted molar refractivity (Wildman–Crippen MR) is 110 cm³/mol. The van der Waals surface area contributed by atoms with Crippen LogP contribution in [0, 0.1) is 18.7 Å². The highest BCUT2D eigenvalue weighted by atomic mass is 19.4. The minimum atomic E-state index is -4.57. The lowest BCUT2D eigenvalue weighted by Crippen LogP contribution is -2.13. The van der Waals surface area contributed by atoms with Crippen molar-refractivity contribution in [2.45, 2.75) is 70.7 Å². The first kappa shape index (κ1) is 23.3. The van der Waals surface area contributed by atoms with Gasteiger partial charge in [0.15, 0.2) is 0 Å². The molecule has 0 aliphatic heterocycles. The average Bonchev–Trinajstić information content (AvgIpc) is 3.46. The molecule has 2 aliphatic rings. The molecule has 2 aliphatic carbocycles. The normalized spacial score (nSPS) is 17.2. The molecular formula is C23H28F4N2O2. The molecule has 2 fully saturated rings. The molecule has 0 unspecified atom stereocenters. The highest BCUT2D eigenvalue weighted by Gasteiger charge is 2.32. The standard InChI is InChI=1S/C17H16F4N2O.C6H12O/c1-9-12(16(22)24)7-15(23(9)8-10-2-3-10)13-6-11(17(19,20)21)4-5-14(13)18;7-6-4-2-1-3-5-6/h4-7,10H,2-3,8H2,1H3,(H2,22,24);6-7H,1-5H2. The molecule has 2 aromatic rings. The first-order chi connectivity index (χ1) is 14.6. The summed E-state index contributed by atoms with van der Waals surface area (Å²) in [4.78, 5) is 11.6. The van der Waals surface area contributed by atoms with Gasteiger partial charge in [-0.2, -0.15) is 13.2 Å². The number of halogens is 4. The van der Waals surface area contributed by atoms with Crippen molar-refractivity contribution in [1.29, 1.82) is 0 Å². The zero-order valence-electron chi connectivity index (χ0n) is 17.5. The largest absolute Gasteiger partial charge is 0.416 e. The zero-order valence-corrected chi connectivity index (χ0v) is 17.5. The Morgan fingerprint density at radius 2 is 1.77 bits per heavy atom. The van der Waals surface area contributed by atoms with Gasteiger partial charge in [0, 0.05) is 17.8 Å².